The first-order valence-corrected chi connectivity index (χ1v) is 9.11. The van der Waals surface area contributed by atoms with Crippen molar-refractivity contribution in [1.29, 1.82) is 0 Å². The highest BCUT2D eigenvalue weighted by Crippen LogP contribution is 2.32. The van der Waals surface area contributed by atoms with Crippen LogP contribution in [0.15, 0.2) is 60.7 Å². The number of carbonyl (C=O) groups excluding carboxylic acids is 2. The number of carbonyl (C=O) groups is 2. The Balaban J connectivity index is 1.77. The first kappa shape index (κ1) is 17.5. The summed E-state index contributed by atoms with van der Waals surface area (Å²) in [5.41, 5.74) is 3.27. The second-order valence-corrected chi connectivity index (χ2v) is 6.91. The Morgan fingerprint density at radius 1 is 1.07 bits per heavy atom. The van der Waals surface area contributed by atoms with E-state index < -0.39 is 6.04 Å². The molecule has 0 saturated heterocycles. The third-order valence-corrected chi connectivity index (χ3v) is 5.32. The van der Waals surface area contributed by atoms with Gasteiger partial charge in [-0.3, -0.25) is 9.59 Å². The second-order valence-electron chi connectivity index (χ2n) is 6.91. The van der Waals surface area contributed by atoms with Crippen molar-refractivity contribution in [3.05, 3.63) is 77.4 Å². The van der Waals surface area contributed by atoms with Gasteiger partial charge < -0.3 is 14.5 Å². The number of nitrogens with zero attached hydrogens (tertiary/aromatic N) is 2. The number of hydrogen-bond acceptors (Lipinski definition) is 3. The van der Waals surface area contributed by atoms with Gasteiger partial charge in [-0.25, -0.2) is 0 Å². The molecule has 0 saturated carbocycles. The van der Waals surface area contributed by atoms with Gasteiger partial charge in [-0.2, -0.15) is 0 Å². The van der Waals surface area contributed by atoms with E-state index in [1.165, 1.54) is 4.90 Å². The number of benzene rings is 2. The molecule has 2 aromatic carbocycles. The molecular weight excluding hydrogens is 340 g/mol. The van der Waals surface area contributed by atoms with E-state index in [1.54, 1.807) is 24.9 Å². The molecule has 2 amide bonds. The zero-order chi connectivity index (χ0) is 19.0. The summed E-state index contributed by atoms with van der Waals surface area (Å²) < 4.78 is 5.77. The predicted molar refractivity (Wildman–Crippen MR) is 103 cm³/mol. The van der Waals surface area contributed by atoms with Gasteiger partial charge in [0.2, 0.25) is 5.91 Å². The lowest BCUT2D eigenvalue weighted by molar-refractivity contribution is -0.122. The quantitative estimate of drug-likeness (QED) is 0.787. The minimum Gasteiger partial charge on any atom is -0.365 e. The molecule has 0 radical (unpaired) electrons. The summed E-state index contributed by atoms with van der Waals surface area (Å²) in [7, 11) is 1.68. The molecule has 138 valence electrons. The van der Waals surface area contributed by atoms with Gasteiger partial charge in [0, 0.05) is 7.05 Å². The lowest BCUT2D eigenvalue weighted by Gasteiger charge is -2.27. The van der Waals surface area contributed by atoms with Gasteiger partial charge in [-0.1, -0.05) is 48.6 Å². The molecule has 2 unspecified atom stereocenters. The highest BCUT2D eigenvalue weighted by molar-refractivity contribution is 6.10. The average Bonchev–Trinajstić information content (AvgIpc) is 3.23. The van der Waals surface area contributed by atoms with Crippen LogP contribution in [-0.4, -0.2) is 36.4 Å². The molecule has 2 aliphatic heterocycles. The molecule has 0 aliphatic carbocycles. The van der Waals surface area contributed by atoms with Gasteiger partial charge in [-0.15, -0.1) is 0 Å². The third-order valence-electron chi connectivity index (χ3n) is 5.32. The van der Waals surface area contributed by atoms with Crippen LogP contribution in [0.1, 0.15) is 34.5 Å². The molecule has 0 bridgehead atoms. The summed E-state index contributed by atoms with van der Waals surface area (Å²) in [6.45, 7) is 2.76. The molecule has 4 rings (SSSR count). The van der Waals surface area contributed by atoms with Gasteiger partial charge in [0.05, 0.1) is 24.4 Å². The smallest absolute Gasteiger partial charge is 0.256 e. The van der Waals surface area contributed by atoms with Crippen LogP contribution in [0.4, 0.5) is 5.69 Å². The number of ether oxygens (including phenoxy) is 1. The zero-order valence-electron chi connectivity index (χ0n) is 15.5. The summed E-state index contributed by atoms with van der Waals surface area (Å²) in [6, 6.07) is 14.8. The molecule has 0 aromatic heterocycles. The topological polar surface area (TPSA) is 49.9 Å². The summed E-state index contributed by atoms with van der Waals surface area (Å²) >= 11 is 0. The number of amides is 2. The van der Waals surface area contributed by atoms with Crippen molar-refractivity contribution in [2.24, 2.45) is 0 Å². The Morgan fingerprint density at radius 2 is 1.81 bits per heavy atom. The maximum atomic E-state index is 13.2. The number of para-hydroxylation sites is 1. The van der Waals surface area contributed by atoms with Crippen molar-refractivity contribution in [1.82, 2.24) is 4.90 Å². The Morgan fingerprint density at radius 3 is 2.59 bits per heavy atom. The van der Waals surface area contributed by atoms with Crippen molar-refractivity contribution >= 4 is 17.5 Å². The van der Waals surface area contributed by atoms with E-state index in [9.17, 15) is 9.59 Å². The van der Waals surface area contributed by atoms with Crippen molar-refractivity contribution in [3.63, 3.8) is 0 Å². The van der Waals surface area contributed by atoms with Gasteiger partial charge >= 0.3 is 0 Å². The molecule has 2 heterocycles. The fourth-order valence-corrected chi connectivity index (χ4v) is 3.64. The Labute approximate surface area is 158 Å². The first-order valence-electron chi connectivity index (χ1n) is 9.11. The molecule has 2 aliphatic rings. The molecule has 5 heteroatoms. The average molecular weight is 362 g/mol. The fraction of sp³-hybridized carbons (Fsp3) is 0.273. The van der Waals surface area contributed by atoms with Crippen LogP contribution in [-0.2, 0) is 16.1 Å². The van der Waals surface area contributed by atoms with Crippen LogP contribution >= 0.6 is 0 Å². The highest BCUT2D eigenvalue weighted by atomic mass is 16.5. The molecule has 0 fully saturated rings. The molecule has 5 nitrogen and oxygen atoms in total. The highest BCUT2D eigenvalue weighted by Gasteiger charge is 2.35. The van der Waals surface area contributed by atoms with Gasteiger partial charge in [0.1, 0.15) is 12.1 Å². The van der Waals surface area contributed by atoms with E-state index in [-0.39, 0.29) is 17.9 Å². The molecular formula is C22H22N2O3. The van der Waals surface area contributed by atoms with Crippen LogP contribution in [0.2, 0.25) is 0 Å². The Hall–Kier alpha value is -2.92. The predicted octanol–water partition coefficient (Wildman–Crippen LogP) is 3.32. The number of anilines is 1. The van der Waals surface area contributed by atoms with Crippen molar-refractivity contribution < 1.29 is 14.3 Å². The van der Waals surface area contributed by atoms with E-state index in [2.05, 4.69) is 0 Å². The van der Waals surface area contributed by atoms with Crippen LogP contribution < -0.4 is 4.90 Å². The number of fused-ring (bicyclic) bond motifs is 1. The van der Waals surface area contributed by atoms with Crippen LogP contribution in [0.3, 0.4) is 0 Å². The fourth-order valence-electron chi connectivity index (χ4n) is 3.64. The molecule has 0 N–H and O–H groups in total. The summed E-state index contributed by atoms with van der Waals surface area (Å²) in [5.74, 6) is -0.224. The summed E-state index contributed by atoms with van der Waals surface area (Å²) in [4.78, 5) is 29.2. The lowest BCUT2D eigenvalue weighted by atomic mass is 10.0. The minimum atomic E-state index is -0.528. The zero-order valence-corrected chi connectivity index (χ0v) is 15.5. The second kappa shape index (κ2) is 7.00. The van der Waals surface area contributed by atoms with E-state index in [0.717, 1.165) is 11.1 Å². The minimum absolute atomic E-state index is 0.0894. The van der Waals surface area contributed by atoms with E-state index in [1.807, 2.05) is 54.6 Å². The largest absolute Gasteiger partial charge is 0.365 e. The molecule has 27 heavy (non-hydrogen) atoms. The Bertz CT molecular complexity index is 921. The molecule has 2 atom stereocenters. The maximum absolute atomic E-state index is 13.2. The normalized spacial score (nSPS) is 22.1. The van der Waals surface area contributed by atoms with Gasteiger partial charge in [-0.05, 0) is 30.2 Å². The molecule has 0 spiro atoms. The Kier molecular flexibility index (Phi) is 4.54. The maximum Gasteiger partial charge on any atom is 0.256 e. The van der Waals surface area contributed by atoms with E-state index in [4.69, 9.17) is 4.74 Å². The third kappa shape index (κ3) is 3.04. The SMILES string of the molecule is CC1C(=O)N(Cc2ccccc2C2C=CCO2)c2ccccc2C(=O)N1C. The molecule has 2 aromatic rings. The summed E-state index contributed by atoms with van der Waals surface area (Å²) in [5, 5.41) is 0. The monoisotopic (exact) mass is 362 g/mol. The van der Waals surface area contributed by atoms with Crippen molar-refractivity contribution in [3.8, 4) is 0 Å². The van der Waals surface area contributed by atoms with Crippen LogP contribution in [0, 0.1) is 0 Å². The lowest BCUT2D eigenvalue weighted by Crippen LogP contribution is -2.44. The van der Waals surface area contributed by atoms with Crippen LogP contribution in [0.25, 0.3) is 0 Å². The number of rotatable bonds is 3. The van der Waals surface area contributed by atoms with Gasteiger partial charge in [0.25, 0.3) is 5.91 Å². The van der Waals surface area contributed by atoms with E-state index in [0.29, 0.717) is 24.4 Å². The van der Waals surface area contributed by atoms with Crippen molar-refractivity contribution in [2.75, 3.05) is 18.6 Å². The van der Waals surface area contributed by atoms with E-state index >= 15 is 0 Å². The number of likely N-dealkylation sites (N-methyl/N-ethyl adjacent to an activating group) is 1. The van der Waals surface area contributed by atoms with Crippen molar-refractivity contribution in [2.45, 2.75) is 25.6 Å². The first-order chi connectivity index (χ1) is 13.1. The number of hydrogen-bond donors (Lipinski definition) is 0. The van der Waals surface area contributed by atoms with Crippen LogP contribution in [0.5, 0.6) is 0 Å². The van der Waals surface area contributed by atoms with Gasteiger partial charge in [0.15, 0.2) is 0 Å². The standard InChI is InChI=1S/C22H22N2O3/c1-15-21(25)24(19-11-6-5-10-18(19)22(26)23(15)2)14-16-8-3-4-9-17(16)20-12-7-13-27-20/h3-12,15,20H,13-14H2,1-2H3. The summed E-state index contributed by atoms with van der Waals surface area (Å²) in [6.07, 6.45) is 3.95.